The predicted octanol–water partition coefficient (Wildman–Crippen LogP) is 0.230. The Labute approximate surface area is 114 Å². The van der Waals surface area contributed by atoms with Crippen molar-refractivity contribution in [3.05, 3.63) is 29.8 Å². The number of amides is 3. The summed E-state index contributed by atoms with van der Waals surface area (Å²) in [5, 5.41) is 4.63. The van der Waals surface area contributed by atoms with Crippen molar-refractivity contribution in [2.45, 2.75) is 18.9 Å². The van der Waals surface area contributed by atoms with Crippen LogP contribution in [0.1, 0.15) is 27.3 Å². The average Bonchev–Trinajstić information content (AvgIpc) is 2.40. The highest BCUT2D eigenvalue weighted by atomic mass is 16.5. The molecule has 0 radical (unpaired) electrons. The van der Waals surface area contributed by atoms with Gasteiger partial charge in [-0.3, -0.25) is 19.7 Å². The van der Waals surface area contributed by atoms with E-state index in [1.165, 1.54) is 24.3 Å². The molecule has 1 aromatic rings. The number of carbonyl (C=O) groups is 3. The van der Waals surface area contributed by atoms with E-state index in [-0.39, 0.29) is 30.1 Å². The lowest BCUT2D eigenvalue weighted by Gasteiger charge is -2.21. The Morgan fingerprint density at radius 2 is 2.37 bits per heavy atom. The maximum atomic E-state index is 12.1. The Balaban J connectivity index is 2.05. The zero-order valence-electron chi connectivity index (χ0n) is 12.9. The molecular formula is C13H14N2O4. The molecule has 0 aromatic heterocycles. The Kier molecular flexibility index (Phi) is 2.77. The molecule has 1 heterocycles. The number of nitrogens with one attached hydrogen (secondary N) is 2. The van der Waals surface area contributed by atoms with E-state index in [0.29, 0.717) is 0 Å². The number of carbonyl (C=O) groups excluding carboxylic acids is 3. The van der Waals surface area contributed by atoms with Gasteiger partial charge in [-0.2, -0.15) is 0 Å². The fourth-order valence-electron chi connectivity index (χ4n) is 1.77. The van der Waals surface area contributed by atoms with Gasteiger partial charge in [0.05, 0.1) is 11.2 Å². The summed E-state index contributed by atoms with van der Waals surface area (Å²) in [5.74, 6) is -1.45. The maximum Gasteiger partial charge on any atom is 0.252 e. The minimum absolute atomic E-state index is 0.0240. The van der Waals surface area contributed by atoms with Gasteiger partial charge in [-0.05, 0) is 24.6 Å². The molecule has 0 bridgehead atoms. The first-order valence-electron chi connectivity index (χ1n) is 7.18. The van der Waals surface area contributed by atoms with Crippen molar-refractivity contribution >= 4 is 17.7 Å². The van der Waals surface area contributed by atoms with E-state index >= 15 is 0 Å². The van der Waals surface area contributed by atoms with Crippen molar-refractivity contribution in [2.24, 2.45) is 0 Å². The lowest BCUT2D eigenvalue weighted by molar-refractivity contribution is -0.134. The van der Waals surface area contributed by atoms with Gasteiger partial charge in [-0.15, -0.1) is 0 Å². The number of imide groups is 1. The Bertz CT molecular complexity index is 616. The second-order valence-corrected chi connectivity index (χ2v) is 4.11. The number of hydrogen-bond donors (Lipinski definition) is 2. The van der Waals surface area contributed by atoms with Crippen LogP contribution >= 0.6 is 0 Å². The van der Waals surface area contributed by atoms with E-state index < -0.39 is 24.9 Å². The molecule has 1 unspecified atom stereocenters. The van der Waals surface area contributed by atoms with Crippen LogP contribution in [0.2, 0.25) is 0 Å². The van der Waals surface area contributed by atoms with Crippen LogP contribution in [-0.4, -0.2) is 30.8 Å². The molecule has 0 saturated carbocycles. The van der Waals surface area contributed by atoms with Crippen LogP contribution in [-0.2, 0) is 9.59 Å². The minimum atomic E-state index is -2.61. The van der Waals surface area contributed by atoms with Crippen molar-refractivity contribution in [1.29, 1.82) is 0 Å². The zero-order valence-corrected chi connectivity index (χ0v) is 9.93. The van der Waals surface area contributed by atoms with Crippen LogP contribution < -0.4 is 15.4 Å². The molecule has 1 atom stereocenters. The highest BCUT2D eigenvalue weighted by Gasteiger charge is 2.28. The summed E-state index contributed by atoms with van der Waals surface area (Å²) in [5.41, 5.74) is 0.159. The minimum Gasteiger partial charge on any atom is -0.497 e. The normalized spacial score (nSPS) is 21.7. The van der Waals surface area contributed by atoms with Gasteiger partial charge in [0, 0.05) is 12.0 Å². The zero-order chi connectivity index (χ0) is 16.3. The van der Waals surface area contributed by atoms with E-state index in [4.69, 9.17) is 8.85 Å². The largest absolute Gasteiger partial charge is 0.497 e. The highest BCUT2D eigenvalue weighted by Crippen LogP contribution is 2.13. The van der Waals surface area contributed by atoms with Gasteiger partial charge in [-0.1, -0.05) is 6.07 Å². The summed E-state index contributed by atoms with van der Waals surface area (Å²) in [4.78, 5) is 34.7. The molecule has 1 aromatic carbocycles. The van der Waals surface area contributed by atoms with Crippen LogP contribution in [0.5, 0.6) is 5.75 Å². The van der Waals surface area contributed by atoms with Crippen LogP contribution in [0, 0.1) is 0 Å². The smallest absolute Gasteiger partial charge is 0.252 e. The second kappa shape index (κ2) is 5.51. The number of piperidine rings is 1. The summed E-state index contributed by atoms with van der Waals surface area (Å²) in [6, 6.07) is 4.83. The van der Waals surface area contributed by atoms with Crippen LogP contribution in [0.15, 0.2) is 24.3 Å². The average molecular weight is 265 g/mol. The summed E-state index contributed by atoms with van der Waals surface area (Å²) < 4.78 is 25.8. The molecule has 1 aliphatic heterocycles. The maximum absolute atomic E-state index is 12.1. The number of hydrogen-bond acceptors (Lipinski definition) is 4. The van der Waals surface area contributed by atoms with Crippen LogP contribution in [0.4, 0.5) is 0 Å². The first-order valence-corrected chi connectivity index (χ1v) is 5.68. The molecule has 2 rings (SSSR count). The monoisotopic (exact) mass is 265 g/mol. The number of benzene rings is 1. The standard InChI is InChI=1S/C13H14N2O4/c1-19-9-4-2-3-8(7-9)12(17)14-10-5-6-11(16)15-13(10)18/h2-4,7,10H,5-6H2,1H3,(H,14,17)(H,15,16,18)/i1D3. The van der Waals surface area contributed by atoms with Crippen molar-refractivity contribution in [3.63, 3.8) is 0 Å². The van der Waals surface area contributed by atoms with E-state index in [2.05, 4.69) is 10.6 Å². The molecule has 19 heavy (non-hydrogen) atoms. The van der Waals surface area contributed by atoms with E-state index in [1.54, 1.807) is 0 Å². The number of methoxy groups -OCH3 is 1. The van der Waals surface area contributed by atoms with Gasteiger partial charge in [0.25, 0.3) is 5.91 Å². The first-order chi connectivity index (χ1) is 10.2. The summed E-state index contributed by atoms with van der Waals surface area (Å²) in [6.45, 7) is 0. The van der Waals surface area contributed by atoms with E-state index in [9.17, 15) is 14.4 Å². The Morgan fingerprint density at radius 3 is 3.11 bits per heavy atom. The topological polar surface area (TPSA) is 84.5 Å². The van der Waals surface area contributed by atoms with Crippen molar-refractivity contribution < 1.29 is 23.2 Å². The summed E-state index contributed by atoms with van der Waals surface area (Å²) >= 11 is 0. The third kappa shape index (κ3) is 3.09. The van der Waals surface area contributed by atoms with Crippen molar-refractivity contribution in [3.8, 4) is 5.75 Å². The van der Waals surface area contributed by atoms with E-state index in [0.717, 1.165) is 0 Å². The fourth-order valence-corrected chi connectivity index (χ4v) is 1.77. The molecule has 1 fully saturated rings. The summed E-state index contributed by atoms with van der Waals surface area (Å²) in [7, 11) is -2.61. The van der Waals surface area contributed by atoms with Crippen LogP contribution in [0.25, 0.3) is 0 Å². The molecule has 2 N–H and O–H groups in total. The lowest BCUT2D eigenvalue weighted by atomic mass is 10.1. The molecule has 0 aliphatic carbocycles. The van der Waals surface area contributed by atoms with Gasteiger partial charge < -0.3 is 10.1 Å². The van der Waals surface area contributed by atoms with Gasteiger partial charge in [0.15, 0.2) is 0 Å². The molecule has 1 saturated heterocycles. The molecule has 6 heteroatoms. The van der Waals surface area contributed by atoms with Crippen molar-refractivity contribution in [1.82, 2.24) is 10.6 Å². The number of ether oxygens (including phenoxy) is 1. The molecule has 3 amide bonds. The lowest BCUT2D eigenvalue weighted by Crippen LogP contribution is -2.52. The predicted molar refractivity (Wildman–Crippen MR) is 66.6 cm³/mol. The Morgan fingerprint density at radius 1 is 1.53 bits per heavy atom. The third-order valence-corrected chi connectivity index (χ3v) is 2.76. The molecule has 100 valence electrons. The molecule has 1 aliphatic rings. The van der Waals surface area contributed by atoms with Gasteiger partial charge >= 0.3 is 0 Å². The SMILES string of the molecule is [2H]C([2H])([2H])Oc1cccc(C(=O)NC2CCC(=O)NC2=O)c1. The summed E-state index contributed by atoms with van der Waals surface area (Å²) in [6.07, 6.45) is 0.376. The van der Waals surface area contributed by atoms with Crippen molar-refractivity contribution in [2.75, 3.05) is 7.04 Å². The van der Waals surface area contributed by atoms with E-state index in [1.807, 2.05) is 0 Å². The molecule has 6 nitrogen and oxygen atoms in total. The van der Waals surface area contributed by atoms with Crippen LogP contribution in [0.3, 0.4) is 0 Å². The highest BCUT2D eigenvalue weighted by molar-refractivity contribution is 6.03. The third-order valence-electron chi connectivity index (χ3n) is 2.76. The molecular weight excluding hydrogens is 248 g/mol. The van der Waals surface area contributed by atoms with Gasteiger partial charge in [0.2, 0.25) is 11.8 Å². The van der Waals surface area contributed by atoms with Gasteiger partial charge in [0.1, 0.15) is 11.8 Å². The van der Waals surface area contributed by atoms with Gasteiger partial charge in [-0.25, -0.2) is 0 Å². The molecule has 0 spiro atoms. The Hall–Kier alpha value is -2.37. The first kappa shape index (κ1) is 9.55. The quantitative estimate of drug-likeness (QED) is 0.766. The number of rotatable bonds is 3. The second-order valence-electron chi connectivity index (χ2n) is 4.11. The fraction of sp³-hybridized carbons (Fsp3) is 0.308.